The molecule has 3 heterocycles. The van der Waals surface area contributed by atoms with Gasteiger partial charge in [0.05, 0.1) is 11.9 Å². The van der Waals surface area contributed by atoms with E-state index in [0.29, 0.717) is 35.9 Å². The average Bonchev–Trinajstić information content (AvgIpc) is 3.76. The highest BCUT2D eigenvalue weighted by Crippen LogP contribution is 2.50. The normalized spacial score (nSPS) is 25.6. The van der Waals surface area contributed by atoms with Gasteiger partial charge in [0.15, 0.2) is 0 Å². The lowest BCUT2D eigenvalue weighted by Gasteiger charge is -2.23. The number of nitrogens with one attached hydrogen (secondary N) is 1. The number of hydrogen-bond acceptors (Lipinski definition) is 5. The molecular weight excluding hydrogens is 518 g/mol. The molecule has 2 saturated carbocycles. The van der Waals surface area contributed by atoms with Crippen LogP contribution in [-0.4, -0.2) is 47.1 Å². The summed E-state index contributed by atoms with van der Waals surface area (Å²) in [5.74, 6) is 2.78. The minimum atomic E-state index is -0.159. The lowest BCUT2D eigenvalue weighted by Crippen LogP contribution is -2.25. The van der Waals surface area contributed by atoms with Gasteiger partial charge in [-0.2, -0.15) is 0 Å². The third-order valence-electron chi connectivity index (χ3n) is 9.64. The van der Waals surface area contributed by atoms with E-state index in [1.165, 1.54) is 44.1 Å². The van der Waals surface area contributed by atoms with Gasteiger partial charge in [-0.1, -0.05) is 51.7 Å². The third kappa shape index (κ3) is 6.49. The lowest BCUT2D eigenvalue weighted by atomic mass is 9.83. The van der Waals surface area contributed by atoms with Crippen LogP contribution in [0.3, 0.4) is 0 Å². The van der Waals surface area contributed by atoms with Crippen molar-refractivity contribution < 1.29 is 4.79 Å². The summed E-state index contributed by atoms with van der Waals surface area (Å²) in [5.41, 5.74) is 7.88. The van der Waals surface area contributed by atoms with E-state index in [1.807, 2.05) is 24.7 Å². The van der Waals surface area contributed by atoms with Gasteiger partial charge < -0.3 is 10.2 Å². The zero-order valence-electron chi connectivity index (χ0n) is 25.6. The number of pyridine rings is 2. The summed E-state index contributed by atoms with van der Waals surface area (Å²) < 4.78 is 0. The zero-order valence-corrected chi connectivity index (χ0v) is 25.6. The summed E-state index contributed by atoms with van der Waals surface area (Å²) in [7, 11) is 4.12. The van der Waals surface area contributed by atoms with E-state index in [9.17, 15) is 4.79 Å². The number of rotatable bonds is 6. The maximum Gasteiger partial charge on any atom is 0.274 e. The molecule has 6 heteroatoms. The molecule has 1 amide bonds. The van der Waals surface area contributed by atoms with Crippen molar-refractivity contribution in [2.24, 2.45) is 22.7 Å². The molecule has 0 bridgehead atoms. The van der Waals surface area contributed by atoms with Gasteiger partial charge in [-0.25, -0.2) is 0 Å². The van der Waals surface area contributed by atoms with Crippen LogP contribution in [0.2, 0.25) is 0 Å². The van der Waals surface area contributed by atoms with Crippen LogP contribution in [0.1, 0.15) is 93.0 Å². The Morgan fingerprint density at radius 3 is 2.60 bits per heavy atom. The topological polar surface area (TPSA) is 70.5 Å². The molecule has 1 aromatic carbocycles. The quantitative estimate of drug-likeness (QED) is 0.338. The molecule has 5 unspecified atom stereocenters. The predicted molar refractivity (Wildman–Crippen MR) is 171 cm³/mol. The largest absolute Gasteiger partial charge is 0.319 e. The van der Waals surface area contributed by atoms with E-state index in [0.717, 1.165) is 52.5 Å². The van der Waals surface area contributed by atoms with E-state index in [4.69, 9.17) is 9.98 Å². The lowest BCUT2D eigenvalue weighted by molar-refractivity contribution is -0.110. The number of anilines is 1. The van der Waals surface area contributed by atoms with Crippen molar-refractivity contribution in [1.82, 2.24) is 14.9 Å². The van der Waals surface area contributed by atoms with Crippen LogP contribution in [0.15, 0.2) is 60.0 Å². The molecule has 1 aliphatic heterocycles. The Hall–Kier alpha value is -3.38. The number of carbonyl (C=O) groups excluding carboxylic acids is 1. The average molecular weight is 564 g/mol. The first-order valence-corrected chi connectivity index (χ1v) is 15.9. The van der Waals surface area contributed by atoms with Gasteiger partial charge in [-0.05, 0) is 98.0 Å². The Kier molecular flexibility index (Phi) is 8.53. The number of carbonyl (C=O) groups is 1. The minimum absolute atomic E-state index is 0.159. The van der Waals surface area contributed by atoms with Gasteiger partial charge in [-0.3, -0.25) is 19.8 Å². The second-order valence-corrected chi connectivity index (χ2v) is 13.4. The molecule has 220 valence electrons. The molecule has 1 N–H and O–H groups in total. The van der Waals surface area contributed by atoms with E-state index in [-0.39, 0.29) is 5.91 Å². The summed E-state index contributed by atoms with van der Waals surface area (Å²) in [5, 5.41) is 3.13. The molecule has 3 aliphatic rings. The first-order chi connectivity index (χ1) is 20.4. The number of benzene rings is 1. The minimum Gasteiger partial charge on any atom is -0.319 e. The zero-order chi connectivity index (χ0) is 29.2. The van der Waals surface area contributed by atoms with Gasteiger partial charge in [0.25, 0.3) is 5.91 Å². The van der Waals surface area contributed by atoms with Gasteiger partial charge >= 0.3 is 0 Å². The molecule has 0 spiro atoms. The molecule has 3 aromatic rings. The van der Waals surface area contributed by atoms with Crippen LogP contribution in [-0.2, 0) is 11.3 Å². The van der Waals surface area contributed by atoms with E-state index in [2.05, 4.69) is 73.5 Å². The Bertz CT molecular complexity index is 1450. The van der Waals surface area contributed by atoms with Crippen molar-refractivity contribution in [2.45, 2.75) is 77.2 Å². The molecule has 42 heavy (non-hydrogen) atoms. The van der Waals surface area contributed by atoms with E-state index >= 15 is 0 Å². The highest BCUT2D eigenvalue weighted by atomic mass is 16.1. The second kappa shape index (κ2) is 12.5. The summed E-state index contributed by atoms with van der Waals surface area (Å²) in [4.78, 5) is 30.1. The monoisotopic (exact) mass is 563 g/mol. The molecule has 0 saturated heterocycles. The molecular formula is C36H45N5O. The molecule has 5 atom stereocenters. The molecule has 2 aromatic heterocycles. The molecule has 2 aliphatic carbocycles. The van der Waals surface area contributed by atoms with Crippen LogP contribution in [0.5, 0.6) is 0 Å². The fourth-order valence-corrected chi connectivity index (χ4v) is 7.04. The molecule has 6 nitrogen and oxygen atoms in total. The van der Waals surface area contributed by atoms with Gasteiger partial charge in [0, 0.05) is 48.2 Å². The van der Waals surface area contributed by atoms with Crippen molar-refractivity contribution >= 4 is 17.3 Å². The van der Waals surface area contributed by atoms with Crippen LogP contribution in [0.25, 0.3) is 11.1 Å². The summed E-state index contributed by atoms with van der Waals surface area (Å²) in [6, 6.07) is 12.9. The summed E-state index contributed by atoms with van der Waals surface area (Å²) in [6.07, 6.45) is 14.5. The smallest absolute Gasteiger partial charge is 0.274 e. The maximum absolute atomic E-state index is 13.7. The molecule has 2 fully saturated rings. The standard InChI is InChI=1S/C36H45N5O/c1-23-7-5-6-8-30(24(2)10-9-23)34-14-12-29(21-38-34)40-36(42)35-33-16-26(11-13-31(33)32-17-28(32)20-39-35)27-15-25(18-37-19-27)22-41(3)4/h11-16,18-19,21,23-24,28,30,32H,5-10,17,20,22H2,1-4H3,(H,40,42). The highest BCUT2D eigenvalue weighted by Gasteiger charge is 2.42. The highest BCUT2D eigenvalue weighted by molar-refractivity contribution is 6.49. The first kappa shape index (κ1) is 28.7. The molecule has 6 rings (SSSR count). The second-order valence-electron chi connectivity index (χ2n) is 13.4. The number of amides is 1. The Morgan fingerprint density at radius 1 is 0.929 bits per heavy atom. The maximum atomic E-state index is 13.7. The number of aliphatic imine (C=N–C) groups is 1. The Balaban J connectivity index is 1.22. The predicted octanol–water partition coefficient (Wildman–Crippen LogP) is 7.46. The van der Waals surface area contributed by atoms with Crippen molar-refractivity contribution in [3.05, 3.63) is 77.4 Å². The summed E-state index contributed by atoms with van der Waals surface area (Å²) in [6.45, 7) is 6.31. The van der Waals surface area contributed by atoms with Crippen LogP contribution >= 0.6 is 0 Å². The number of fused-ring (bicyclic) bond motifs is 3. The number of hydrogen-bond donors (Lipinski definition) is 1. The van der Waals surface area contributed by atoms with Crippen LogP contribution < -0.4 is 5.32 Å². The Labute approximate surface area is 251 Å². The van der Waals surface area contributed by atoms with Gasteiger partial charge in [-0.15, -0.1) is 0 Å². The van der Waals surface area contributed by atoms with Crippen molar-refractivity contribution in [1.29, 1.82) is 0 Å². The van der Waals surface area contributed by atoms with Crippen LogP contribution in [0.4, 0.5) is 5.69 Å². The van der Waals surface area contributed by atoms with Crippen LogP contribution in [0, 0.1) is 17.8 Å². The fraction of sp³-hybridized carbons (Fsp3) is 0.500. The number of aromatic nitrogens is 2. The van der Waals surface area contributed by atoms with E-state index < -0.39 is 0 Å². The van der Waals surface area contributed by atoms with E-state index in [1.54, 1.807) is 0 Å². The fourth-order valence-electron chi connectivity index (χ4n) is 7.04. The SMILES string of the molecule is CC1CCCCC(c2ccc(NC(=O)C3=NCC4CC4c4ccc(-c5cncc(CN(C)C)c5)cc43)cn2)C(C)CC1. The van der Waals surface area contributed by atoms with Gasteiger partial charge in [0.1, 0.15) is 5.71 Å². The van der Waals surface area contributed by atoms with Crippen molar-refractivity contribution in [3.8, 4) is 11.1 Å². The first-order valence-electron chi connectivity index (χ1n) is 15.9. The molecule has 0 radical (unpaired) electrons. The third-order valence-corrected chi connectivity index (χ3v) is 9.64. The number of nitrogens with zero attached hydrogens (tertiary/aromatic N) is 4. The summed E-state index contributed by atoms with van der Waals surface area (Å²) >= 11 is 0. The van der Waals surface area contributed by atoms with Gasteiger partial charge in [0.2, 0.25) is 0 Å². The van der Waals surface area contributed by atoms with Crippen molar-refractivity contribution in [2.75, 3.05) is 26.0 Å². The Morgan fingerprint density at radius 2 is 1.79 bits per heavy atom. The van der Waals surface area contributed by atoms with Crippen molar-refractivity contribution in [3.63, 3.8) is 0 Å².